The Balaban J connectivity index is 0.771. The molecule has 274 valence electrons. The SMILES string of the molecule is O=C1CCC(N2Cc3c(NCCN4CCN(CCOc5ccc(OC6=C(c7ccccc7)SC7C=C(O)C=CC67)cc5)CC4)cccc3C2=O)C(=O)N1. The second-order valence-corrected chi connectivity index (χ2v) is 15.1. The maximum atomic E-state index is 13.1. The molecule has 0 saturated carbocycles. The van der Waals surface area contributed by atoms with Crippen LogP contribution in [0.5, 0.6) is 11.5 Å². The third-order valence-electron chi connectivity index (χ3n) is 10.5. The lowest BCUT2D eigenvalue weighted by Gasteiger charge is -2.34. The maximum Gasteiger partial charge on any atom is 0.255 e. The van der Waals surface area contributed by atoms with E-state index in [0.29, 0.717) is 30.9 Å². The average Bonchev–Trinajstić information content (AvgIpc) is 3.70. The number of anilines is 1. The lowest BCUT2D eigenvalue weighted by molar-refractivity contribution is -0.136. The van der Waals surface area contributed by atoms with Gasteiger partial charge < -0.3 is 24.8 Å². The molecule has 3 amide bonds. The van der Waals surface area contributed by atoms with Gasteiger partial charge in [-0.2, -0.15) is 0 Å². The summed E-state index contributed by atoms with van der Waals surface area (Å²) in [6.07, 6.45) is 6.26. The highest BCUT2D eigenvalue weighted by Gasteiger charge is 2.40. The second kappa shape index (κ2) is 15.5. The van der Waals surface area contributed by atoms with E-state index in [4.69, 9.17) is 9.47 Å². The second-order valence-electron chi connectivity index (χ2n) is 13.9. The number of hydrogen-bond acceptors (Lipinski definition) is 10. The van der Waals surface area contributed by atoms with Gasteiger partial charge in [-0.25, -0.2) is 0 Å². The molecule has 0 bridgehead atoms. The Hall–Kier alpha value is -5.04. The molecule has 5 aliphatic rings. The van der Waals surface area contributed by atoms with Crippen molar-refractivity contribution in [1.29, 1.82) is 0 Å². The molecule has 12 heteroatoms. The van der Waals surface area contributed by atoms with Gasteiger partial charge in [0.1, 0.15) is 35.7 Å². The van der Waals surface area contributed by atoms with Crippen molar-refractivity contribution in [2.24, 2.45) is 5.92 Å². The number of benzene rings is 3. The minimum absolute atomic E-state index is 0.0511. The maximum absolute atomic E-state index is 13.1. The van der Waals surface area contributed by atoms with Gasteiger partial charge in [-0.1, -0.05) is 42.5 Å². The van der Waals surface area contributed by atoms with E-state index < -0.39 is 11.9 Å². The Bertz CT molecular complexity index is 1960. The molecule has 0 aromatic heterocycles. The van der Waals surface area contributed by atoms with Crippen LogP contribution >= 0.6 is 11.8 Å². The van der Waals surface area contributed by atoms with Crippen LogP contribution in [0.25, 0.3) is 4.91 Å². The number of nitrogens with one attached hydrogen (secondary N) is 2. The van der Waals surface area contributed by atoms with Gasteiger partial charge in [-0.15, -0.1) is 11.8 Å². The number of carbonyl (C=O) groups is 3. The van der Waals surface area contributed by atoms with Gasteiger partial charge in [0.15, 0.2) is 0 Å². The van der Waals surface area contributed by atoms with Crippen LogP contribution in [-0.2, 0) is 16.1 Å². The molecule has 8 rings (SSSR count). The first-order valence-corrected chi connectivity index (χ1v) is 19.2. The molecule has 0 spiro atoms. The van der Waals surface area contributed by atoms with Crippen molar-refractivity contribution in [2.75, 3.05) is 57.7 Å². The zero-order valence-electron chi connectivity index (χ0n) is 29.4. The fourth-order valence-electron chi connectivity index (χ4n) is 7.60. The smallest absolute Gasteiger partial charge is 0.255 e. The minimum atomic E-state index is -0.617. The number of fused-ring (bicyclic) bond motifs is 2. The third-order valence-corrected chi connectivity index (χ3v) is 11.9. The topological polar surface area (TPSA) is 124 Å². The molecule has 4 heterocycles. The first-order valence-electron chi connectivity index (χ1n) is 18.3. The molecular weight excluding hydrogens is 691 g/mol. The number of piperidine rings is 1. The molecule has 2 fully saturated rings. The Morgan fingerprint density at radius 3 is 2.42 bits per heavy atom. The van der Waals surface area contributed by atoms with Crippen LogP contribution in [0.1, 0.15) is 34.3 Å². The number of carbonyl (C=O) groups excluding carboxylic acids is 3. The van der Waals surface area contributed by atoms with Gasteiger partial charge in [-0.3, -0.25) is 29.5 Å². The first kappa shape index (κ1) is 35.0. The molecular formula is C41H43N5O6S. The van der Waals surface area contributed by atoms with E-state index in [-0.39, 0.29) is 29.4 Å². The molecule has 4 aliphatic heterocycles. The highest BCUT2D eigenvalue weighted by atomic mass is 32.2. The Morgan fingerprint density at radius 1 is 0.887 bits per heavy atom. The summed E-state index contributed by atoms with van der Waals surface area (Å²) >= 11 is 1.72. The molecule has 3 N–H and O–H groups in total. The summed E-state index contributed by atoms with van der Waals surface area (Å²) in [4.78, 5) is 44.7. The zero-order chi connectivity index (χ0) is 36.3. The lowest BCUT2D eigenvalue weighted by atomic mass is 9.96. The minimum Gasteiger partial charge on any atom is -0.508 e. The van der Waals surface area contributed by atoms with Gasteiger partial charge in [0, 0.05) is 80.8 Å². The van der Waals surface area contributed by atoms with Crippen molar-refractivity contribution in [3.63, 3.8) is 0 Å². The summed E-state index contributed by atoms with van der Waals surface area (Å²) in [5.41, 5.74) is 3.55. The number of thioether (sulfide) groups is 1. The van der Waals surface area contributed by atoms with Crippen molar-refractivity contribution in [3.8, 4) is 11.5 Å². The normalized spacial score (nSPS) is 23.1. The number of amides is 3. The number of nitrogens with zero attached hydrogens (tertiary/aromatic N) is 3. The highest BCUT2D eigenvalue weighted by Crippen LogP contribution is 2.50. The summed E-state index contributed by atoms with van der Waals surface area (Å²) in [6.45, 7) is 7.29. The Labute approximate surface area is 313 Å². The van der Waals surface area contributed by atoms with Crippen LogP contribution in [0.2, 0.25) is 0 Å². The predicted octanol–water partition coefficient (Wildman–Crippen LogP) is 5.05. The summed E-state index contributed by atoms with van der Waals surface area (Å²) in [6, 6.07) is 23.1. The third kappa shape index (κ3) is 7.71. The molecule has 1 aliphatic carbocycles. The van der Waals surface area contributed by atoms with Crippen molar-refractivity contribution >= 4 is 40.1 Å². The molecule has 0 radical (unpaired) electrons. The largest absolute Gasteiger partial charge is 0.508 e. The van der Waals surface area contributed by atoms with Gasteiger partial charge in [-0.05, 0) is 60.5 Å². The van der Waals surface area contributed by atoms with Crippen LogP contribution in [-0.4, -0.2) is 101 Å². The van der Waals surface area contributed by atoms with Gasteiger partial charge in [0.2, 0.25) is 11.8 Å². The quantitative estimate of drug-likeness (QED) is 0.218. The van der Waals surface area contributed by atoms with E-state index in [1.54, 1.807) is 22.7 Å². The van der Waals surface area contributed by atoms with E-state index in [1.165, 1.54) is 0 Å². The van der Waals surface area contributed by atoms with Crippen LogP contribution in [0.15, 0.2) is 103 Å². The van der Waals surface area contributed by atoms with E-state index in [9.17, 15) is 19.5 Å². The van der Waals surface area contributed by atoms with E-state index in [0.717, 1.165) is 84.8 Å². The number of aliphatic hydroxyl groups excluding tert-OH is 1. The number of ether oxygens (including phenoxy) is 2. The number of piperazine rings is 1. The van der Waals surface area contributed by atoms with Crippen LogP contribution < -0.4 is 20.1 Å². The number of rotatable bonds is 12. The summed E-state index contributed by atoms with van der Waals surface area (Å²) in [5, 5.41) is 16.1. The molecule has 2 saturated heterocycles. The average molecular weight is 734 g/mol. The van der Waals surface area contributed by atoms with Crippen molar-refractivity contribution in [2.45, 2.75) is 30.7 Å². The molecule has 3 unspecified atom stereocenters. The van der Waals surface area contributed by atoms with Crippen molar-refractivity contribution in [3.05, 3.63) is 119 Å². The Morgan fingerprint density at radius 2 is 1.64 bits per heavy atom. The fraction of sp³-hybridized carbons (Fsp3) is 0.341. The number of hydrogen-bond donors (Lipinski definition) is 3. The van der Waals surface area contributed by atoms with E-state index >= 15 is 0 Å². The molecule has 53 heavy (non-hydrogen) atoms. The zero-order valence-corrected chi connectivity index (χ0v) is 30.2. The van der Waals surface area contributed by atoms with Gasteiger partial charge in [0.05, 0.1) is 10.8 Å². The standard InChI is InChI=1S/C41H43N5O6S/c47-28-9-14-32-36(25-28)53-39(27-5-2-1-3-6-27)38(32)52-30-12-10-29(11-13-30)51-24-23-45-21-19-44(20-22-45)18-17-42-34-8-4-7-31-33(34)26-46(41(31)50)35-15-16-37(48)43-40(35)49/h1-14,25,32,35-36,42,47H,15-24,26H2,(H,43,48,49). The first-order chi connectivity index (χ1) is 25.9. The highest BCUT2D eigenvalue weighted by molar-refractivity contribution is 8.09. The van der Waals surface area contributed by atoms with Crippen LogP contribution in [0.3, 0.4) is 0 Å². The predicted molar refractivity (Wildman–Crippen MR) is 205 cm³/mol. The molecule has 3 atom stereocenters. The molecule has 3 aromatic carbocycles. The number of imide groups is 1. The monoisotopic (exact) mass is 733 g/mol. The van der Waals surface area contributed by atoms with E-state index in [1.807, 2.05) is 72.8 Å². The van der Waals surface area contributed by atoms with Gasteiger partial charge in [0.25, 0.3) is 5.91 Å². The fourth-order valence-corrected chi connectivity index (χ4v) is 9.01. The number of allylic oxidation sites excluding steroid dienone is 2. The number of aliphatic hydroxyl groups is 1. The van der Waals surface area contributed by atoms with Crippen LogP contribution in [0.4, 0.5) is 5.69 Å². The molecule has 3 aromatic rings. The lowest BCUT2D eigenvalue weighted by Crippen LogP contribution is -2.52. The van der Waals surface area contributed by atoms with Crippen LogP contribution in [0, 0.1) is 5.92 Å². The summed E-state index contributed by atoms with van der Waals surface area (Å²) in [5.74, 6) is 1.95. The van der Waals surface area contributed by atoms with Crippen molar-refractivity contribution in [1.82, 2.24) is 20.0 Å². The summed E-state index contributed by atoms with van der Waals surface area (Å²) < 4.78 is 12.6. The van der Waals surface area contributed by atoms with Gasteiger partial charge >= 0.3 is 0 Å². The molecule has 11 nitrogen and oxygen atoms in total. The summed E-state index contributed by atoms with van der Waals surface area (Å²) in [7, 11) is 0. The Kier molecular flexibility index (Phi) is 10.2. The van der Waals surface area contributed by atoms with E-state index in [2.05, 4.69) is 32.6 Å². The van der Waals surface area contributed by atoms with Crippen molar-refractivity contribution < 1.29 is 29.0 Å².